The van der Waals surface area contributed by atoms with Crippen LogP contribution < -0.4 is 5.32 Å². The Bertz CT molecular complexity index is 549. The molecule has 1 heterocycles. The fraction of sp³-hybridized carbons (Fsp3) is 0.375. The lowest BCUT2D eigenvalue weighted by molar-refractivity contribution is -0.138. The number of rotatable bonds is 6. The van der Waals surface area contributed by atoms with E-state index >= 15 is 0 Å². The van der Waals surface area contributed by atoms with E-state index in [2.05, 4.69) is 11.4 Å². The Morgan fingerprint density at radius 3 is 2.52 bits per heavy atom. The normalized spacial score (nSPS) is 13.3. The van der Waals surface area contributed by atoms with E-state index in [-0.39, 0.29) is 6.04 Å². The molecule has 21 heavy (non-hydrogen) atoms. The minimum atomic E-state index is -4.31. The fourth-order valence-electron chi connectivity index (χ4n) is 2.45. The number of halogens is 3. The molecule has 1 unspecified atom stereocenters. The van der Waals surface area contributed by atoms with Gasteiger partial charge in [0.15, 0.2) is 0 Å². The molecule has 2 aromatic rings. The molecule has 1 aromatic heterocycles. The van der Waals surface area contributed by atoms with Gasteiger partial charge in [0.05, 0.1) is 5.56 Å². The second kappa shape index (κ2) is 7.09. The van der Waals surface area contributed by atoms with Gasteiger partial charge in [0.25, 0.3) is 0 Å². The Hall–Kier alpha value is -1.33. The Balaban J connectivity index is 2.07. The van der Waals surface area contributed by atoms with Gasteiger partial charge in [0.2, 0.25) is 0 Å². The molecule has 0 spiro atoms. The highest BCUT2D eigenvalue weighted by Gasteiger charge is 2.34. The zero-order valence-electron chi connectivity index (χ0n) is 11.8. The Kier molecular flexibility index (Phi) is 5.42. The molecule has 1 nitrogen and oxygen atoms in total. The summed E-state index contributed by atoms with van der Waals surface area (Å²) in [7, 11) is 1.71. The van der Waals surface area contributed by atoms with Crippen LogP contribution in [0.2, 0.25) is 0 Å². The quantitative estimate of drug-likeness (QED) is 0.787. The summed E-state index contributed by atoms with van der Waals surface area (Å²) in [5.41, 5.74) is -0.209. The molecular weight excluding hydrogens is 295 g/mol. The third-order valence-electron chi connectivity index (χ3n) is 3.49. The molecule has 0 saturated carbocycles. The molecule has 0 aliphatic heterocycles. The first-order valence-corrected chi connectivity index (χ1v) is 7.76. The molecule has 5 heteroatoms. The van der Waals surface area contributed by atoms with Crippen molar-refractivity contribution in [3.05, 3.63) is 57.8 Å². The predicted octanol–water partition coefficient (Wildman–Crippen LogP) is 5.05. The minimum absolute atomic E-state index is 0.275. The molecule has 0 amide bonds. The van der Waals surface area contributed by atoms with Crippen LogP contribution in [-0.2, 0) is 12.6 Å². The monoisotopic (exact) mass is 313 g/mol. The highest BCUT2D eigenvalue weighted by Crippen LogP contribution is 2.35. The van der Waals surface area contributed by atoms with Crippen molar-refractivity contribution < 1.29 is 13.2 Å². The zero-order chi connectivity index (χ0) is 15.3. The molecule has 0 bridgehead atoms. The first-order valence-electron chi connectivity index (χ1n) is 6.88. The standard InChI is InChI=1S/C16H18F3NS/c1-20-15(10-4-6-12-7-5-11-21-12)13-8-2-3-9-14(13)16(17,18)19/h2-3,5,7-9,11,15,20H,4,6,10H2,1H3. The van der Waals surface area contributed by atoms with Crippen molar-refractivity contribution in [2.24, 2.45) is 0 Å². The Morgan fingerprint density at radius 1 is 1.14 bits per heavy atom. The minimum Gasteiger partial charge on any atom is -0.313 e. The SMILES string of the molecule is CNC(CCCc1cccs1)c1ccccc1C(F)(F)F. The van der Waals surface area contributed by atoms with E-state index in [4.69, 9.17) is 0 Å². The van der Waals surface area contributed by atoms with Crippen molar-refractivity contribution in [3.63, 3.8) is 0 Å². The summed E-state index contributed by atoms with van der Waals surface area (Å²) < 4.78 is 39.2. The van der Waals surface area contributed by atoms with Crippen LogP contribution in [0.5, 0.6) is 0 Å². The summed E-state index contributed by atoms with van der Waals surface area (Å²) in [5, 5.41) is 5.03. The van der Waals surface area contributed by atoms with Gasteiger partial charge in [-0.05, 0) is 49.4 Å². The van der Waals surface area contributed by atoms with Crippen LogP contribution in [0, 0.1) is 0 Å². The van der Waals surface area contributed by atoms with Crippen molar-refractivity contribution in [2.45, 2.75) is 31.5 Å². The lowest BCUT2D eigenvalue weighted by atomic mass is 9.96. The number of thiophene rings is 1. The molecule has 0 saturated heterocycles. The largest absolute Gasteiger partial charge is 0.416 e. The van der Waals surface area contributed by atoms with Crippen LogP contribution in [0.3, 0.4) is 0 Å². The van der Waals surface area contributed by atoms with Gasteiger partial charge in [-0.25, -0.2) is 0 Å². The van der Waals surface area contributed by atoms with Crippen molar-refractivity contribution in [3.8, 4) is 0 Å². The number of hydrogen-bond donors (Lipinski definition) is 1. The molecule has 0 aliphatic rings. The summed E-state index contributed by atoms with van der Waals surface area (Å²) in [4.78, 5) is 1.27. The Labute approximate surface area is 126 Å². The average Bonchev–Trinajstić information content (AvgIpc) is 2.96. The van der Waals surface area contributed by atoms with Gasteiger partial charge in [0.1, 0.15) is 0 Å². The first kappa shape index (κ1) is 16.0. The van der Waals surface area contributed by atoms with E-state index in [0.29, 0.717) is 12.0 Å². The molecule has 0 fully saturated rings. The van der Waals surface area contributed by atoms with Crippen molar-refractivity contribution in [1.29, 1.82) is 0 Å². The van der Waals surface area contributed by atoms with E-state index in [1.807, 2.05) is 11.4 Å². The molecule has 1 aromatic carbocycles. The molecular formula is C16H18F3NS. The maximum atomic E-state index is 13.1. The maximum Gasteiger partial charge on any atom is 0.416 e. The van der Waals surface area contributed by atoms with E-state index in [9.17, 15) is 13.2 Å². The number of hydrogen-bond acceptors (Lipinski definition) is 2. The van der Waals surface area contributed by atoms with Crippen LogP contribution in [0.25, 0.3) is 0 Å². The zero-order valence-corrected chi connectivity index (χ0v) is 12.6. The second-order valence-corrected chi connectivity index (χ2v) is 5.93. The molecule has 0 radical (unpaired) electrons. The number of alkyl halides is 3. The fourth-order valence-corrected chi connectivity index (χ4v) is 3.20. The number of benzene rings is 1. The van der Waals surface area contributed by atoms with E-state index in [0.717, 1.165) is 18.9 Å². The van der Waals surface area contributed by atoms with Gasteiger partial charge in [-0.1, -0.05) is 24.3 Å². The highest BCUT2D eigenvalue weighted by atomic mass is 32.1. The number of aryl methyl sites for hydroxylation is 1. The van der Waals surface area contributed by atoms with E-state index in [1.54, 1.807) is 30.5 Å². The second-order valence-electron chi connectivity index (χ2n) is 4.90. The molecule has 0 aliphatic carbocycles. The van der Waals surface area contributed by atoms with Crippen LogP contribution >= 0.6 is 11.3 Å². The van der Waals surface area contributed by atoms with E-state index in [1.165, 1.54) is 10.9 Å². The summed E-state index contributed by atoms with van der Waals surface area (Å²) in [6.45, 7) is 0. The summed E-state index contributed by atoms with van der Waals surface area (Å²) in [6, 6.07) is 9.59. The van der Waals surface area contributed by atoms with E-state index < -0.39 is 11.7 Å². The topological polar surface area (TPSA) is 12.0 Å². The van der Waals surface area contributed by atoms with Crippen LogP contribution in [0.4, 0.5) is 13.2 Å². The van der Waals surface area contributed by atoms with Crippen LogP contribution in [0.1, 0.15) is 34.9 Å². The lowest BCUT2D eigenvalue weighted by Gasteiger charge is -2.21. The van der Waals surface area contributed by atoms with Gasteiger partial charge >= 0.3 is 6.18 Å². The molecule has 1 atom stereocenters. The van der Waals surface area contributed by atoms with Gasteiger partial charge in [0, 0.05) is 10.9 Å². The lowest BCUT2D eigenvalue weighted by Crippen LogP contribution is -2.21. The number of nitrogens with one attached hydrogen (secondary N) is 1. The molecule has 1 N–H and O–H groups in total. The predicted molar refractivity (Wildman–Crippen MR) is 80.5 cm³/mol. The van der Waals surface area contributed by atoms with Crippen molar-refractivity contribution in [2.75, 3.05) is 7.05 Å². The first-order chi connectivity index (χ1) is 10.0. The third-order valence-corrected chi connectivity index (χ3v) is 4.42. The maximum absolute atomic E-state index is 13.1. The molecule has 114 valence electrons. The van der Waals surface area contributed by atoms with Gasteiger partial charge in [-0.2, -0.15) is 13.2 Å². The summed E-state index contributed by atoms with van der Waals surface area (Å²) >= 11 is 1.69. The Morgan fingerprint density at radius 2 is 1.90 bits per heavy atom. The van der Waals surface area contributed by atoms with Crippen LogP contribution in [0.15, 0.2) is 41.8 Å². The molecule has 2 rings (SSSR count). The highest BCUT2D eigenvalue weighted by molar-refractivity contribution is 7.09. The van der Waals surface area contributed by atoms with Gasteiger partial charge in [-0.15, -0.1) is 11.3 Å². The summed E-state index contributed by atoms with van der Waals surface area (Å²) in [6.07, 6.45) is -1.86. The van der Waals surface area contributed by atoms with Crippen LogP contribution in [-0.4, -0.2) is 7.05 Å². The summed E-state index contributed by atoms with van der Waals surface area (Å²) in [5.74, 6) is 0. The smallest absolute Gasteiger partial charge is 0.313 e. The van der Waals surface area contributed by atoms with Crippen molar-refractivity contribution >= 4 is 11.3 Å². The van der Waals surface area contributed by atoms with Gasteiger partial charge < -0.3 is 5.32 Å². The van der Waals surface area contributed by atoms with Gasteiger partial charge in [-0.3, -0.25) is 0 Å². The average molecular weight is 313 g/mol. The van der Waals surface area contributed by atoms with Crippen molar-refractivity contribution in [1.82, 2.24) is 5.32 Å². The third kappa shape index (κ3) is 4.32.